The van der Waals surface area contributed by atoms with Gasteiger partial charge < -0.3 is 4.90 Å². The molecule has 90 valence electrons. The minimum absolute atomic E-state index is 0.00610. The van der Waals surface area contributed by atoms with Crippen LogP contribution in [0.15, 0.2) is 18.2 Å². The maximum absolute atomic E-state index is 13.3. The summed E-state index contributed by atoms with van der Waals surface area (Å²) in [6.07, 6.45) is 0.207. The zero-order valence-electron chi connectivity index (χ0n) is 9.41. The van der Waals surface area contributed by atoms with Gasteiger partial charge in [-0.25, -0.2) is 8.78 Å². The first-order valence-corrected chi connectivity index (χ1v) is 5.09. The van der Waals surface area contributed by atoms with E-state index in [1.165, 1.54) is 11.9 Å². The summed E-state index contributed by atoms with van der Waals surface area (Å²) in [6.45, 7) is -0.00610. The van der Waals surface area contributed by atoms with Gasteiger partial charge in [0.15, 0.2) is 0 Å². The van der Waals surface area contributed by atoms with E-state index < -0.39 is 11.6 Å². The molecule has 1 aromatic carbocycles. The van der Waals surface area contributed by atoms with Gasteiger partial charge in [0.2, 0.25) is 5.91 Å². The minimum atomic E-state index is -0.550. The molecule has 0 unspecified atom stereocenters. The molecular weight excluding hydrogens is 226 g/mol. The number of nitriles is 1. The summed E-state index contributed by atoms with van der Waals surface area (Å²) < 4.78 is 26.2. The van der Waals surface area contributed by atoms with Gasteiger partial charge in [-0.1, -0.05) is 0 Å². The molecule has 1 aromatic rings. The second-order valence-electron chi connectivity index (χ2n) is 3.64. The summed E-state index contributed by atoms with van der Waals surface area (Å²) in [7, 11) is 1.49. The van der Waals surface area contributed by atoms with Crippen molar-refractivity contribution in [2.75, 3.05) is 7.05 Å². The largest absolute Gasteiger partial charge is 0.341 e. The van der Waals surface area contributed by atoms with Crippen LogP contribution in [0.2, 0.25) is 0 Å². The SMILES string of the molecule is CN(Cc1cc(F)ccc1F)C(=O)CCC#N. The van der Waals surface area contributed by atoms with Gasteiger partial charge in [0.25, 0.3) is 0 Å². The number of carbonyl (C=O) groups excluding carboxylic acids is 1. The zero-order valence-corrected chi connectivity index (χ0v) is 9.41. The van der Waals surface area contributed by atoms with Gasteiger partial charge in [0.05, 0.1) is 6.07 Å². The molecule has 0 saturated heterocycles. The lowest BCUT2D eigenvalue weighted by atomic mass is 10.2. The molecule has 0 heterocycles. The van der Waals surface area contributed by atoms with Crippen molar-refractivity contribution < 1.29 is 13.6 Å². The average molecular weight is 238 g/mol. The summed E-state index contributed by atoms with van der Waals surface area (Å²) in [5.41, 5.74) is 0.123. The lowest BCUT2D eigenvalue weighted by Gasteiger charge is -2.17. The molecule has 1 rings (SSSR count). The average Bonchev–Trinajstić information content (AvgIpc) is 2.30. The Morgan fingerprint density at radius 3 is 2.82 bits per heavy atom. The molecule has 0 atom stereocenters. The molecule has 17 heavy (non-hydrogen) atoms. The van der Waals surface area contributed by atoms with Crippen LogP contribution in [0.5, 0.6) is 0 Å². The van der Waals surface area contributed by atoms with Crippen molar-refractivity contribution in [2.24, 2.45) is 0 Å². The maximum Gasteiger partial charge on any atom is 0.223 e. The van der Waals surface area contributed by atoms with E-state index in [9.17, 15) is 13.6 Å². The molecule has 0 aromatic heterocycles. The normalized spacial score (nSPS) is 9.76. The Labute approximate surface area is 98.3 Å². The molecular formula is C12H12F2N2O. The fourth-order valence-corrected chi connectivity index (χ4v) is 1.36. The van der Waals surface area contributed by atoms with Crippen molar-refractivity contribution >= 4 is 5.91 Å². The quantitative estimate of drug-likeness (QED) is 0.807. The van der Waals surface area contributed by atoms with E-state index in [1.54, 1.807) is 0 Å². The van der Waals surface area contributed by atoms with Crippen LogP contribution >= 0.6 is 0 Å². The van der Waals surface area contributed by atoms with Crippen LogP contribution < -0.4 is 0 Å². The molecule has 3 nitrogen and oxygen atoms in total. The van der Waals surface area contributed by atoms with Crippen LogP contribution in [0.4, 0.5) is 8.78 Å². The predicted molar refractivity (Wildman–Crippen MR) is 57.7 cm³/mol. The molecule has 0 aliphatic heterocycles. The van der Waals surface area contributed by atoms with E-state index in [0.29, 0.717) is 0 Å². The van der Waals surface area contributed by atoms with Gasteiger partial charge in [0.1, 0.15) is 11.6 Å². The number of nitrogens with zero attached hydrogens (tertiary/aromatic N) is 2. The van der Waals surface area contributed by atoms with Gasteiger partial charge >= 0.3 is 0 Å². The molecule has 0 bridgehead atoms. The summed E-state index contributed by atoms with van der Waals surface area (Å²) in [6, 6.07) is 4.97. The van der Waals surface area contributed by atoms with E-state index in [1.807, 2.05) is 6.07 Å². The standard InChI is InChI=1S/C12H12F2N2O/c1-16(12(17)3-2-6-15)8-9-7-10(13)4-5-11(9)14/h4-5,7H,2-3,8H2,1H3. The van der Waals surface area contributed by atoms with Gasteiger partial charge in [-0.2, -0.15) is 5.26 Å². The molecule has 0 saturated carbocycles. The van der Waals surface area contributed by atoms with E-state index in [2.05, 4.69) is 0 Å². The zero-order chi connectivity index (χ0) is 12.8. The molecule has 0 radical (unpaired) electrons. The molecule has 0 fully saturated rings. The Kier molecular flexibility index (Phi) is 4.58. The van der Waals surface area contributed by atoms with Crippen LogP contribution in [0.25, 0.3) is 0 Å². The summed E-state index contributed by atoms with van der Waals surface area (Å²) in [5, 5.41) is 8.34. The maximum atomic E-state index is 13.3. The number of halogens is 2. The number of benzene rings is 1. The third-order valence-electron chi connectivity index (χ3n) is 2.29. The highest BCUT2D eigenvalue weighted by atomic mass is 19.1. The van der Waals surface area contributed by atoms with Gasteiger partial charge in [-0.05, 0) is 18.2 Å². The summed E-state index contributed by atoms with van der Waals surface area (Å²) >= 11 is 0. The van der Waals surface area contributed by atoms with Crippen LogP contribution in [-0.4, -0.2) is 17.9 Å². The highest BCUT2D eigenvalue weighted by molar-refractivity contribution is 5.76. The Bertz CT molecular complexity index is 454. The Hall–Kier alpha value is -1.96. The summed E-state index contributed by atoms with van der Waals surface area (Å²) in [4.78, 5) is 12.7. The first-order valence-electron chi connectivity index (χ1n) is 5.09. The van der Waals surface area contributed by atoms with Gasteiger partial charge in [-0.15, -0.1) is 0 Å². The molecule has 0 spiro atoms. The van der Waals surface area contributed by atoms with Gasteiger partial charge in [0, 0.05) is 32.0 Å². The topological polar surface area (TPSA) is 44.1 Å². The van der Waals surface area contributed by atoms with Crippen LogP contribution in [0.1, 0.15) is 18.4 Å². The van der Waals surface area contributed by atoms with Crippen LogP contribution in [0, 0.1) is 23.0 Å². The molecule has 0 N–H and O–H groups in total. The Balaban J connectivity index is 2.67. The monoisotopic (exact) mass is 238 g/mol. The highest BCUT2D eigenvalue weighted by Crippen LogP contribution is 2.12. The van der Waals surface area contributed by atoms with Crippen LogP contribution in [-0.2, 0) is 11.3 Å². The molecule has 5 heteroatoms. The van der Waals surface area contributed by atoms with Crippen molar-refractivity contribution in [1.29, 1.82) is 5.26 Å². The minimum Gasteiger partial charge on any atom is -0.341 e. The Morgan fingerprint density at radius 2 is 2.18 bits per heavy atom. The Morgan fingerprint density at radius 1 is 1.47 bits per heavy atom. The lowest BCUT2D eigenvalue weighted by molar-refractivity contribution is -0.130. The number of hydrogen-bond acceptors (Lipinski definition) is 2. The number of rotatable bonds is 4. The van der Waals surface area contributed by atoms with Crippen molar-refractivity contribution in [2.45, 2.75) is 19.4 Å². The highest BCUT2D eigenvalue weighted by Gasteiger charge is 2.12. The van der Waals surface area contributed by atoms with E-state index in [-0.39, 0.29) is 30.9 Å². The van der Waals surface area contributed by atoms with Crippen molar-refractivity contribution in [3.05, 3.63) is 35.4 Å². The fraction of sp³-hybridized carbons (Fsp3) is 0.333. The third kappa shape index (κ3) is 3.83. The van der Waals surface area contributed by atoms with Crippen molar-refractivity contribution in [3.63, 3.8) is 0 Å². The molecule has 0 aliphatic carbocycles. The smallest absolute Gasteiger partial charge is 0.223 e. The second kappa shape index (κ2) is 5.94. The first-order chi connectivity index (χ1) is 8.04. The predicted octanol–water partition coefficient (Wildman–Crippen LogP) is 2.23. The number of amides is 1. The lowest BCUT2D eigenvalue weighted by Crippen LogP contribution is -2.26. The third-order valence-corrected chi connectivity index (χ3v) is 2.29. The van der Waals surface area contributed by atoms with Crippen molar-refractivity contribution in [1.82, 2.24) is 4.90 Å². The number of hydrogen-bond donors (Lipinski definition) is 0. The van der Waals surface area contributed by atoms with Gasteiger partial charge in [-0.3, -0.25) is 4.79 Å². The first kappa shape index (κ1) is 13.1. The summed E-state index contributed by atoms with van der Waals surface area (Å²) in [5.74, 6) is -1.36. The second-order valence-corrected chi connectivity index (χ2v) is 3.64. The van der Waals surface area contributed by atoms with Crippen molar-refractivity contribution in [3.8, 4) is 6.07 Å². The van der Waals surface area contributed by atoms with E-state index in [0.717, 1.165) is 18.2 Å². The van der Waals surface area contributed by atoms with Crippen LogP contribution in [0.3, 0.4) is 0 Å². The number of carbonyl (C=O) groups is 1. The molecule has 1 amide bonds. The fourth-order valence-electron chi connectivity index (χ4n) is 1.36. The molecule has 0 aliphatic rings. The van der Waals surface area contributed by atoms with E-state index >= 15 is 0 Å². The van der Waals surface area contributed by atoms with E-state index in [4.69, 9.17) is 5.26 Å².